The number of carbonyl (C=O) groups is 1. The Balaban J connectivity index is 1.43. The van der Waals surface area contributed by atoms with E-state index in [0.29, 0.717) is 11.6 Å². The lowest BCUT2D eigenvalue weighted by Crippen LogP contribution is -2.54. The number of hydrogen-bond acceptors (Lipinski definition) is 5. The van der Waals surface area contributed by atoms with Crippen LogP contribution in [0.4, 0.5) is 8.78 Å². The number of hydrogen-bond donors (Lipinski definition) is 2. The number of carbonyl (C=O) groups excluding carboxylic acids is 1. The van der Waals surface area contributed by atoms with Crippen LogP contribution in [0.15, 0.2) is 23.6 Å². The summed E-state index contributed by atoms with van der Waals surface area (Å²) in [6.45, 7) is 0.561. The van der Waals surface area contributed by atoms with Crippen LogP contribution in [0.2, 0.25) is 0 Å². The minimum Gasteiger partial charge on any atom is -0.329 e. The molecule has 9 heteroatoms. The highest BCUT2D eigenvalue weighted by Gasteiger charge is 2.31. The van der Waals surface area contributed by atoms with E-state index in [1.807, 2.05) is 5.38 Å². The molecule has 1 aliphatic heterocycles. The lowest BCUT2D eigenvalue weighted by atomic mass is 10.1. The number of nitrogens with one attached hydrogen (secondary N) is 2. The predicted molar refractivity (Wildman–Crippen MR) is 97.6 cm³/mol. The number of nitrogens with zero attached hydrogens (tertiary/aromatic N) is 3. The Kier molecular flexibility index (Phi) is 4.47. The van der Waals surface area contributed by atoms with Gasteiger partial charge < -0.3 is 9.80 Å². The number of piperazine rings is 1. The molecular formula is C18H17F2N5OS. The van der Waals surface area contributed by atoms with Gasteiger partial charge in [-0.1, -0.05) is 0 Å². The number of rotatable bonds is 3. The van der Waals surface area contributed by atoms with Crippen molar-refractivity contribution in [2.24, 2.45) is 0 Å². The van der Waals surface area contributed by atoms with E-state index in [4.69, 9.17) is 10.8 Å². The Hall–Kier alpha value is -2.68. The summed E-state index contributed by atoms with van der Waals surface area (Å²) >= 11 is 1.54. The Morgan fingerprint density at radius 2 is 2.00 bits per heavy atom. The molecule has 1 saturated heterocycles. The van der Waals surface area contributed by atoms with Gasteiger partial charge in [0.1, 0.15) is 11.5 Å². The molecule has 0 radical (unpaired) electrons. The highest BCUT2D eigenvalue weighted by molar-refractivity contribution is 7.10. The van der Waals surface area contributed by atoms with Gasteiger partial charge in [0.25, 0.3) is 5.91 Å². The second kappa shape index (κ2) is 6.80. The molecule has 1 aromatic heterocycles. The summed E-state index contributed by atoms with van der Waals surface area (Å²) in [6, 6.07) is 3.01. The fourth-order valence-corrected chi connectivity index (χ4v) is 3.96. The molecule has 27 heavy (non-hydrogen) atoms. The molecule has 4 rings (SSSR count). The van der Waals surface area contributed by atoms with Crippen molar-refractivity contribution in [2.75, 3.05) is 19.6 Å². The molecule has 1 aliphatic carbocycles. The molecule has 2 heterocycles. The molecule has 1 amide bonds. The van der Waals surface area contributed by atoms with E-state index in [-0.39, 0.29) is 36.9 Å². The summed E-state index contributed by atoms with van der Waals surface area (Å²) in [5.74, 6) is -1.78. The van der Waals surface area contributed by atoms with Crippen LogP contribution in [0.5, 0.6) is 0 Å². The third kappa shape index (κ3) is 3.46. The molecule has 2 fully saturated rings. The molecule has 6 nitrogen and oxygen atoms in total. The van der Waals surface area contributed by atoms with Crippen LogP contribution in [-0.2, 0) is 0 Å². The Morgan fingerprint density at radius 3 is 2.67 bits per heavy atom. The van der Waals surface area contributed by atoms with Crippen LogP contribution in [0.1, 0.15) is 39.8 Å². The molecule has 2 N–H and O–H groups in total. The average molecular weight is 389 g/mol. The SMILES string of the molecule is N=C1CN(C(=O)c2ccc(F)c(F)c2)CCN1C(=N)c1csc(C2CC2)n1. The van der Waals surface area contributed by atoms with Gasteiger partial charge in [0.15, 0.2) is 17.5 Å². The summed E-state index contributed by atoms with van der Waals surface area (Å²) in [4.78, 5) is 19.9. The molecular weight excluding hydrogens is 372 g/mol. The topological polar surface area (TPSA) is 84.1 Å². The summed E-state index contributed by atoms with van der Waals surface area (Å²) in [6.07, 6.45) is 2.28. The predicted octanol–water partition coefficient (Wildman–Crippen LogP) is 3.06. The number of amides is 1. The Morgan fingerprint density at radius 1 is 1.22 bits per heavy atom. The van der Waals surface area contributed by atoms with E-state index in [0.717, 1.165) is 30.0 Å². The first-order valence-corrected chi connectivity index (χ1v) is 9.45. The Bertz CT molecular complexity index is 940. The van der Waals surface area contributed by atoms with Crippen molar-refractivity contribution in [3.63, 3.8) is 0 Å². The first-order chi connectivity index (χ1) is 12.9. The maximum absolute atomic E-state index is 13.4. The molecule has 2 aromatic rings. The van der Waals surface area contributed by atoms with Crippen molar-refractivity contribution in [3.8, 4) is 0 Å². The third-order valence-corrected chi connectivity index (χ3v) is 5.68. The minimum atomic E-state index is -1.08. The van der Waals surface area contributed by atoms with Gasteiger partial charge in [0, 0.05) is 30.0 Å². The molecule has 0 unspecified atom stereocenters. The van der Waals surface area contributed by atoms with Crippen LogP contribution >= 0.6 is 11.3 Å². The summed E-state index contributed by atoms with van der Waals surface area (Å²) in [5, 5.41) is 19.4. The highest BCUT2D eigenvalue weighted by atomic mass is 32.1. The van der Waals surface area contributed by atoms with Gasteiger partial charge >= 0.3 is 0 Å². The number of amidine groups is 2. The highest BCUT2D eigenvalue weighted by Crippen LogP contribution is 2.41. The Labute approximate surface area is 158 Å². The molecule has 1 saturated carbocycles. The van der Waals surface area contributed by atoms with Gasteiger partial charge in [-0.05, 0) is 31.0 Å². The zero-order chi connectivity index (χ0) is 19.1. The molecule has 0 spiro atoms. The smallest absolute Gasteiger partial charge is 0.254 e. The van der Waals surface area contributed by atoms with Crippen LogP contribution < -0.4 is 0 Å². The van der Waals surface area contributed by atoms with E-state index in [1.54, 1.807) is 0 Å². The molecule has 1 aromatic carbocycles. The quantitative estimate of drug-likeness (QED) is 0.625. The van der Waals surface area contributed by atoms with Gasteiger partial charge in [-0.15, -0.1) is 11.3 Å². The van der Waals surface area contributed by atoms with Crippen LogP contribution in [0.25, 0.3) is 0 Å². The van der Waals surface area contributed by atoms with Crippen LogP contribution in [0, 0.1) is 22.5 Å². The summed E-state index contributed by atoms with van der Waals surface area (Å²) in [5.41, 5.74) is 0.589. The zero-order valence-electron chi connectivity index (χ0n) is 14.3. The average Bonchev–Trinajstić information content (AvgIpc) is 3.39. The van der Waals surface area contributed by atoms with Gasteiger partial charge in [0.2, 0.25) is 0 Å². The lowest BCUT2D eigenvalue weighted by Gasteiger charge is -2.36. The summed E-state index contributed by atoms with van der Waals surface area (Å²) < 4.78 is 26.4. The molecule has 2 aliphatic rings. The maximum atomic E-state index is 13.4. The van der Waals surface area contributed by atoms with Crippen molar-refractivity contribution >= 4 is 28.9 Å². The van der Waals surface area contributed by atoms with E-state index < -0.39 is 17.5 Å². The maximum Gasteiger partial charge on any atom is 0.254 e. The van der Waals surface area contributed by atoms with E-state index >= 15 is 0 Å². The summed E-state index contributed by atoms with van der Waals surface area (Å²) in [7, 11) is 0. The monoisotopic (exact) mass is 389 g/mol. The van der Waals surface area contributed by atoms with E-state index in [2.05, 4.69) is 4.98 Å². The van der Waals surface area contributed by atoms with Gasteiger partial charge in [-0.25, -0.2) is 13.8 Å². The normalized spacial score (nSPS) is 17.3. The standard InChI is InChI=1S/C18H17F2N5OS/c19-12-4-3-11(7-13(12)20)18(26)24-5-6-25(15(21)8-24)16(22)14-9-27-17(23-14)10-1-2-10/h3-4,7,9-10,21-22H,1-2,5-6,8H2. The second-order valence-electron chi connectivity index (χ2n) is 6.65. The van der Waals surface area contributed by atoms with E-state index in [1.165, 1.54) is 27.2 Å². The van der Waals surface area contributed by atoms with E-state index in [9.17, 15) is 13.6 Å². The van der Waals surface area contributed by atoms with Crippen molar-refractivity contribution in [1.82, 2.24) is 14.8 Å². The fraction of sp³-hybridized carbons (Fsp3) is 0.333. The number of benzene rings is 1. The number of thiazole rings is 1. The van der Waals surface area contributed by atoms with Gasteiger partial charge in [-0.2, -0.15) is 0 Å². The second-order valence-corrected chi connectivity index (χ2v) is 7.54. The molecule has 0 atom stereocenters. The fourth-order valence-electron chi connectivity index (χ4n) is 2.99. The zero-order valence-corrected chi connectivity index (χ0v) is 15.2. The van der Waals surface area contributed by atoms with Crippen LogP contribution in [0.3, 0.4) is 0 Å². The number of halogens is 2. The van der Waals surface area contributed by atoms with Crippen molar-refractivity contribution < 1.29 is 13.6 Å². The number of aromatic nitrogens is 1. The largest absolute Gasteiger partial charge is 0.329 e. The van der Waals surface area contributed by atoms with Crippen LogP contribution in [-0.4, -0.2) is 52.0 Å². The first-order valence-electron chi connectivity index (χ1n) is 8.57. The van der Waals surface area contributed by atoms with Gasteiger partial charge in [-0.3, -0.25) is 15.6 Å². The first kappa shape index (κ1) is 17.7. The molecule has 0 bridgehead atoms. The molecule has 140 valence electrons. The van der Waals surface area contributed by atoms with Crippen molar-refractivity contribution in [2.45, 2.75) is 18.8 Å². The third-order valence-electron chi connectivity index (χ3n) is 4.67. The van der Waals surface area contributed by atoms with Crippen molar-refractivity contribution in [3.05, 3.63) is 51.5 Å². The van der Waals surface area contributed by atoms with Crippen molar-refractivity contribution in [1.29, 1.82) is 10.8 Å². The minimum absolute atomic E-state index is 0.000171. The lowest BCUT2D eigenvalue weighted by molar-refractivity contribution is 0.0756. The van der Waals surface area contributed by atoms with Gasteiger partial charge in [0.05, 0.1) is 11.6 Å².